The molecule has 1 unspecified atom stereocenters. The van der Waals surface area contributed by atoms with Gasteiger partial charge in [-0.05, 0) is 32.1 Å². The molecule has 2 fully saturated rings. The zero-order valence-corrected chi connectivity index (χ0v) is 11.8. The van der Waals surface area contributed by atoms with Crippen LogP contribution >= 0.6 is 15.9 Å². The predicted molar refractivity (Wildman–Crippen MR) is 69.7 cm³/mol. The lowest BCUT2D eigenvalue weighted by molar-refractivity contribution is -0.144. The molecule has 1 amide bonds. The van der Waals surface area contributed by atoms with Gasteiger partial charge < -0.3 is 4.90 Å². The fourth-order valence-electron chi connectivity index (χ4n) is 3.14. The van der Waals surface area contributed by atoms with Gasteiger partial charge in [0.1, 0.15) is 0 Å². The number of carbonyl (C=O) groups is 1. The highest BCUT2D eigenvalue weighted by molar-refractivity contribution is 9.09. The van der Waals surface area contributed by atoms with Crippen LogP contribution in [0.4, 0.5) is 0 Å². The van der Waals surface area contributed by atoms with Gasteiger partial charge in [-0.15, -0.1) is 0 Å². The molecule has 1 aliphatic carbocycles. The highest BCUT2D eigenvalue weighted by Gasteiger charge is 2.41. The molecule has 16 heavy (non-hydrogen) atoms. The lowest BCUT2D eigenvalue weighted by Gasteiger charge is -2.39. The van der Waals surface area contributed by atoms with Crippen molar-refractivity contribution in [1.29, 1.82) is 0 Å². The highest BCUT2D eigenvalue weighted by atomic mass is 79.9. The second-order valence-electron chi connectivity index (χ2n) is 5.57. The molecule has 3 heteroatoms. The predicted octanol–water partition coefficient (Wildman–Crippen LogP) is 3.34. The van der Waals surface area contributed by atoms with Gasteiger partial charge in [-0.1, -0.05) is 35.7 Å². The van der Waals surface area contributed by atoms with Crippen molar-refractivity contribution in [1.82, 2.24) is 4.90 Å². The third-order valence-electron chi connectivity index (χ3n) is 4.29. The quantitative estimate of drug-likeness (QED) is 0.714. The van der Waals surface area contributed by atoms with Crippen LogP contribution in [0.25, 0.3) is 0 Å². The number of rotatable bonds is 2. The summed E-state index contributed by atoms with van der Waals surface area (Å²) in [6, 6.07) is 0.443. The van der Waals surface area contributed by atoms with Crippen molar-refractivity contribution in [3.63, 3.8) is 0 Å². The standard InChI is InChI=1S/C13H22BrNO/c1-13(7-3-4-8-13)12(16)15-9-5-2-6-11(15)10-14/h11H,2-10H2,1H3. The van der Waals surface area contributed by atoms with Crippen molar-refractivity contribution >= 4 is 21.8 Å². The Labute approximate surface area is 107 Å². The van der Waals surface area contributed by atoms with Gasteiger partial charge in [-0.2, -0.15) is 0 Å². The summed E-state index contributed by atoms with van der Waals surface area (Å²) in [6.45, 7) is 3.15. The van der Waals surface area contributed by atoms with Crippen LogP contribution in [0.5, 0.6) is 0 Å². The molecule has 1 saturated heterocycles. The van der Waals surface area contributed by atoms with Crippen LogP contribution < -0.4 is 0 Å². The molecule has 0 aromatic heterocycles. The molecule has 2 nitrogen and oxygen atoms in total. The molecule has 92 valence electrons. The fraction of sp³-hybridized carbons (Fsp3) is 0.923. The Balaban J connectivity index is 2.07. The SMILES string of the molecule is CC1(C(=O)N2CCCCC2CBr)CCCC1. The number of carbonyl (C=O) groups excluding carboxylic acids is 1. The van der Waals surface area contributed by atoms with Crippen LogP contribution in [-0.2, 0) is 4.79 Å². The van der Waals surface area contributed by atoms with E-state index < -0.39 is 0 Å². The maximum absolute atomic E-state index is 12.6. The molecule has 1 saturated carbocycles. The van der Waals surface area contributed by atoms with Gasteiger partial charge in [0.05, 0.1) is 0 Å². The second-order valence-corrected chi connectivity index (χ2v) is 6.22. The lowest BCUT2D eigenvalue weighted by Crippen LogP contribution is -2.50. The summed E-state index contributed by atoms with van der Waals surface area (Å²) in [5, 5.41) is 0.939. The van der Waals surface area contributed by atoms with Crippen molar-refractivity contribution in [2.24, 2.45) is 5.41 Å². The van der Waals surface area contributed by atoms with Crippen molar-refractivity contribution < 1.29 is 4.79 Å². The third kappa shape index (κ3) is 2.29. The Morgan fingerprint density at radius 1 is 1.31 bits per heavy atom. The van der Waals surface area contributed by atoms with Crippen molar-refractivity contribution in [3.8, 4) is 0 Å². The summed E-state index contributed by atoms with van der Waals surface area (Å²) in [4.78, 5) is 14.8. The van der Waals surface area contributed by atoms with Gasteiger partial charge in [0.2, 0.25) is 5.91 Å². The van der Waals surface area contributed by atoms with E-state index in [1.807, 2.05) is 0 Å². The maximum Gasteiger partial charge on any atom is 0.228 e. The Kier molecular flexibility index (Phi) is 3.93. The maximum atomic E-state index is 12.6. The van der Waals surface area contributed by atoms with Crippen molar-refractivity contribution in [3.05, 3.63) is 0 Å². The van der Waals surface area contributed by atoms with Gasteiger partial charge in [0.15, 0.2) is 0 Å². The van der Waals surface area contributed by atoms with Gasteiger partial charge in [-0.3, -0.25) is 4.79 Å². The second kappa shape index (κ2) is 5.07. The number of likely N-dealkylation sites (tertiary alicyclic amines) is 1. The molecule has 1 atom stereocenters. The minimum atomic E-state index is -0.0439. The van der Waals surface area contributed by atoms with Crippen molar-refractivity contribution in [2.75, 3.05) is 11.9 Å². The van der Waals surface area contributed by atoms with E-state index in [4.69, 9.17) is 0 Å². The molecule has 0 spiro atoms. The molecular formula is C13H22BrNO. The number of amides is 1. The summed E-state index contributed by atoms with van der Waals surface area (Å²) in [6.07, 6.45) is 8.29. The third-order valence-corrected chi connectivity index (χ3v) is 5.04. The van der Waals surface area contributed by atoms with Gasteiger partial charge in [0.25, 0.3) is 0 Å². The molecule has 0 aromatic carbocycles. The van der Waals surface area contributed by atoms with Crippen molar-refractivity contribution in [2.45, 2.75) is 57.9 Å². The topological polar surface area (TPSA) is 20.3 Å². The minimum Gasteiger partial charge on any atom is -0.338 e. The minimum absolute atomic E-state index is 0.0439. The Morgan fingerprint density at radius 3 is 2.62 bits per heavy atom. The first-order valence-corrected chi connectivity index (χ1v) is 7.66. The van der Waals surface area contributed by atoms with Gasteiger partial charge >= 0.3 is 0 Å². The van der Waals surface area contributed by atoms with Gasteiger partial charge in [0, 0.05) is 23.3 Å². The summed E-state index contributed by atoms with van der Waals surface area (Å²) in [7, 11) is 0. The average Bonchev–Trinajstić information content (AvgIpc) is 2.76. The number of alkyl halides is 1. The van der Waals surface area contributed by atoms with E-state index in [0.717, 1.165) is 24.7 Å². The Hall–Kier alpha value is -0.0500. The highest BCUT2D eigenvalue weighted by Crippen LogP contribution is 2.40. The Bertz CT molecular complexity index is 261. The zero-order chi connectivity index (χ0) is 11.6. The van der Waals surface area contributed by atoms with E-state index in [9.17, 15) is 4.79 Å². The first-order valence-electron chi connectivity index (χ1n) is 6.54. The summed E-state index contributed by atoms with van der Waals surface area (Å²) in [5.74, 6) is 0.425. The van der Waals surface area contributed by atoms with Crippen LogP contribution in [0.2, 0.25) is 0 Å². The summed E-state index contributed by atoms with van der Waals surface area (Å²) < 4.78 is 0. The summed E-state index contributed by atoms with van der Waals surface area (Å²) in [5.41, 5.74) is -0.0439. The largest absolute Gasteiger partial charge is 0.338 e. The van der Waals surface area contributed by atoms with Crippen LogP contribution in [0.3, 0.4) is 0 Å². The molecule has 0 aromatic rings. The molecular weight excluding hydrogens is 266 g/mol. The van der Waals surface area contributed by atoms with Crippen LogP contribution in [0.1, 0.15) is 51.9 Å². The van der Waals surface area contributed by atoms with E-state index in [1.54, 1.807) is 0 Å². The van der Waals surface area contributed by atoms with Crippen LogP contribution in [-0.4, -0.2) is 28.7 Å². The zero-order valence-electron chi connectivity index (χ0n) is 10.2. The smallest absolute Gasteiger partial charge is 0.228 e. The molecule has 0 N–H and O–H groups in total. The van der Waals surface area contributed by atoms with Crippen LogP contribution in [0, 0.1) is 5.41 Å². The summed E-state index contributed by atoms with van der Waals surface area (Å²) >= 11 is 3.55. The van der Waals surface area contributed by atoms with Crippen LogP contribution in [0.15, 0.2) is 0 Å². The normalized spacial score (nSPS) is 29.4. The van der Waals surface area contributed by atoms with E-state index in [0.29, 0.717) is 11.9 Å². The van der Waals surface area contributed by atoms with E-state index in [2.05, 4.69) is 27.8 Å². The number of piperidine rings is 1. The molecule has 0 bridgehead atoms. The monoisotopic (exact) mass is 287 g/mol. The first kappa shape index (κ1) is 12.4. The molecule has 2 aliphatic rings. The number of halogens is 1. The molecule has 2 rings (SSSR count). The number of hydrogen-bond acceptors (Lipinski definition) is 1. The lowest BCUT2D eigenvalue weighted by atomic mass is 9.85. The molecule has 0 radical (unpaired) electrons. The average molecular weight is 288 g/mol. The van der Waals surface area contributed by atoms with E-state index in [1.165, 1.54) is 32.1 Å². The van der Waals surface area contributed by atoms with E-state index >= 15 is 0 Å². The number of nitrogens with zero attached hydrogens (tertiary/aromatic N) is 1. The van der Waals surface area contributed by atoms with Gasteiger partial charge in [-0.25, -0.2) is 0 Å². The Morgan fingerprint density at radius 2 is 2.00 bits per heavy atom. The fourth-order valence-corrected chi connectivity index (χ4v) is 3.82. The molecule has 1 aliphatic heterocycles. The molecule has 1 heterocycles. The van der Waals surface area contributed by atoms with E-state index in [-0.39, 0.29) is 5.41 Å². The number of hydrogen-bond donors (Lipinski definition) is 0. The first-order chi connectivity index (χ1) is 7.67.